The van der Waals surface area contributed by atoms with Crippen molar-refractivity contribution in [3.05, 3.63) is 59.2 Å². The van der Waals surface area contributed by atoms with Crippen molar-refractivity contribution < 1.29 is 19.1 Å². The smallest absolute Gasteiger partial charge is 0.337 e. The first-order valence-electron chi connectivity index (χ1n) is 7.64. The predicted molar refractivity (Wildman–Crippen MR) is 92.4 cm³/mol. The van der Waals surface area contributed by atoms with Gasteiger partial charge in [0.15, 0.2) is 6.10 Å². The molecular formula is C19H21NO4. The van der Waals surface area contributed by atoms with E-state index >= 15 is 0 Å². The number of nitrogens with one attached hydrogen (secondary N) is 1. The second-order valence-electron chi connectivity index (χ2n) is 5.54. The summed E-state index contributed by atoms with van der Waals surface area (Å²) in [6, 6.07) is 12.5. The summed E-state index contributed by atoms with van der Waals surface area (Å²) in [4.78, 5) is 24.0. The first-order valence-corrected chi connectivity index (χ1v) is 7.64. The van der Waals surface area contributed by atoms with Crippen molar-refractivity contribution in [2.45, 2.75) is 26.9 Å². The predicted octanol–water partition coefficient (Wildman–Crippen LogP) is 3.50. The summed E-state index contributed by atoms with van der Waals surface area (Å²) in [5.41, 5.74) is 2.74. The van der Waals surface area contributed by atoms with Gasteiger partial charge in [0.25, 0.3) is 5.91 Å². The number of para-hydroxylation sites is 1. The summed E-state index contributed by atoms with van der Waals surface area (Å²) in [7, 11) is 1.32. The van der Waals surface area contributed by atoms with Crippen LogP contribution in [-0.2, 0) is 9.53 Å². The molecule has 0 spiro atoms. The van der Waals surface area contributed by atoms with E-state index in [4.69, 9.17) is 9.47 Å². The highest BCUT2D eigenvalue weighted by Gasteiger charge is 2.17. The minimum Gasteiger partial charge on any atom is -0.481 e. The lowest BCUT2D eigenvalue weighted by atomic mass is 10.1. The van der Waals surface area contributed by atoms with Crippen LogP contribution in [0.2, 0.25) is 0 Å². The number of ether oxygens (including phenoxy) is 2. The number of rotatable bonds is 5. The summed E-state index contributed by atoms with van der Waals surface area (Å²) in [6.45, 7) is 5.45. The molecule has 0 heterocycles. The van der Waals surface area contributed by atoms with E-state index in [1.807, 2.05) is 38.1 Å². The lowest BCUT2D eigenvalue weighted by Gasteiger charge is -2.17. The molecular weight excluding hydrogens is 306 g/mol. The largest absolute Gasteiger partial charge is 0.481 e. The molecule has 126 valence electrons. The Morgan fingerprint density at radius 2 is 1.75 bits per heavy atom. The minimum absolute atomic E-state index is 0.289. The van der Waals surface area contributed by atoms with Crippen LogP contribution in [0.1, 0.15) is 28.4 Å². The maximum absolute atomic E-state index is 12.4. The first-order chi connectivity index (χ1) is 11.4. The Kier molecular flexibility index (Phi) is 5.58. The summed E-state index contributed by atoms with van der Waals surface area (Å²) >= 11 is 0. The Bertz CT molecular complexity index is 755. The van der Waals surface area contributed by atoms with Gasteiger partial charge in [0.05, 0.1) is 12.7 Å². The Labute approximate surface area is 141 Å². The molecule has 0 aliphatic carbocycles. The van der Waals surface area contributed by atoms with Gasteiger partial charge in [0, 0.05) is 5.69 Å². The number of hydrogen-bond acceptors (Lipinski definition) is 4. The van der Waals surface area contributed by atoms with Crippen molar-refractivity contribution in [2.24, 2.45) is 0 Å². The monoisotopic (exact) mass is 327 g/mol. The molecule has 2 aromatic carbocycles. The molecule has 0 fully saturated rings. The van der Waals surface area contributed by atoms with Crippen LogP contribution in [0.4, 0.5) is 5.69 Å². The average molecular weight is 327 g/mol. The normalized spacial score (nSPS) is 11.5. The van der Waals surface area contributed by atoms with Crippen LogP contribution in [0.25, 0.3) is 0 Å². The lowest BCUT2D eigenvalue weighted by molar-refractivity contribution is -0.122. The van der Waals surface area contributed by atoms with Crippen LogP contribution >= 0.6 is 0 Å². The van der Waals surface area contributed by atoms with Gasteiger partial charge in [-0.1, -0.05) is 24.3 Å². The molecule has 0 saturated heterocycles. The zero-order valence-electron chi connectivity index (χ0n) is 14.3. The quantitative estimate of drug-likeness (QED) is 0.854. The molecule has 1 atom stereocenters. The van der Waals surface area contributed by atoms with E-state index in [-0.39, 0.29) is 5.91 Å². The molecule has 1 N–H and O–H groups in total. The number of carbonyl (C=O) groups is 2. The number of aryl methyl sites for hydroxylation is 2. The molecule has 5 nitrogen and oxygen atoms in total. The van der Waals surface area contributed by atoms with Gasteiger partial charge in [0.1, 0.15) is 5.75 Å². The molecule has 0 aromatic heterocycles. The molecule has 0 aliphatic rings. The van der Waals surface area contributed by atoms with Crippen LogP contribution in [0, 0.1) is 13.8 Å². The summed E-state index contributed by atoms with van der Waals surface area (Å²) in [5, 5.41) is 2.80. The molecule has 1 amide bonds. The molecule has 0 saturated carbocycles. The van der Waals surface area contributed by atoms with Gasteiger partial charge in [-0.3, -0.25) is 4.79 Å². The summed E-state index contributed by atoms with van der Waals surface area (Å²) in [5.74, 6) is -0.0711. The number of esters is 1. The minimum atomic E-state index is -0.674. The van der Waals surface area contributed by atoms with E-state index in [2.05, 4.69) is 5.32 Å². The van der Waals surface area contributed by atoms with E-state index in [1.165, 1.54) is 7.11 Å². The zero-order chi connectivity index (χ0) is 17.7. The van der Waals surface area contributed by atoms with Crippen LogP contribution in [0.5, 0.6) is 5.75 Å². The van der Waals surface area contributed by atoms with Crippen molar-refractivity contribution >= 4 is 17.6 Å². The second-order valence-corrected chi connectivity index (χ2v) is 5.54. The average Bonchev–Trinajstić information content (AvgIpc) is 2.58. The van der Waals surface area contributed by atoms with Crippen molar-refractivity contribution in [2.75, 3.05) is 12.4 Å². The number of amides is 1. The van der Waals surface area contributed by atoms with Crippen molar-refractivity contribution in [3.8, 4) is 5.75 Å². The number of hydrogen-bond donors (Lipinski definition) is 1. The van der Waals surface area contributed by atoms with Crippen LogP contribution in [-0.4, -0.2) is 25.1 Å². The summed E-state index contributed by atoms with van der Waals surface area (Å²) < 4.78 is 10.4. The fourth-order valence-corrected chi connectivity index (χ4v) is 2.17. The van der Waals surface area contributed by atoms with Crippen LogP contribution < -0.4 is 10.1 Å². The molecule has 0 bridgehead atoms. The van der Waals surface area contributed by atoms with Gasteiger partial charge in [-0.15, -0.1) is 0 Å². The number of anilines is 1. The van der Waals surface area contributed by atoms with E-state index in [9.17, 15) is 9.59 Å². The van der Waals surface area contributed by atoms with Gasteiger partial charge in [-0.25, -0.2) is 4.79 Å². The SMILES string of the molecule is COC(=O)c1ccc(C)c(NC(=O)[C@@H](C)Oc2ccccc2C)c1. The molecule has 0 radical (unpaired) electrons. The molecule has 2 aromatic rings. The van der Waals surface area contributed by atoms with E-state index in [0.717, 1.165) is 11.1 Å². The maximum atomic E-state index is 12.4. The van der Waals surface area contributed by atoms with Crippen LogP contribution in [0.3, 0.4) is 0 Å². The van der Waals surface area contributed by atoms with Crippen molar-refractivity contribution in [3.63, 3.8) is 0 Å². The Balaban J connectivity index is 2.11. The Morgan fingerprint density at radius 1 is 1.04 bits per heavy atom. The zero-order valence-corrected chi connectivity index (χ0v) is 14.3. The van der Waals surface area contributed by atoms with Gasteiger partial charge in [-0.05, 0) is 50.1 Å². The molecule has 5 heteroatoms. The van der Waals surface area contributed by atoms with E-state index in [1.54, 1.807) is 25.1 Å². The first kappa shape index (κ1) is 17.5. The Morgan fingerprint density at radius 3 is 2.42 bits per heavy atom. The van der Waals surface area contributed by atoms with E-state index < -0.39 is 12.1 Å². The molecule has 0 aliphatic heterocycles. The molecule has 0 unspecified atom stereocenters. The third kappa shape index (κ3) is 4.13. The van der Waals surface area contributed by atoms with Crippen molar-refractivity contribution in [1.82, 2.24) is 0 Å². The highest BCUT2D eigenvalue weighted by atomic mass is 16.5. The standard InChI is InChI=1S/C19H21NO4/c1-12-9-10-15(19(22)23-4)11-16(12)20-18(21)14(3)24-17-8-6-5-7-13(17)2/h5-11,14H,1-4H3,(H,20,21)/t14-/m1/s1. The third-order valence-electron chi connectivity index (χ3n) is 3.68. The van der Waals surface area contributed by atoms with E-state index in [0.29, 0.717) is 17.0 Å². The Hall–Kier alpha value is -2.82. The third-order valence-corrected chi connectivity index (χ3v) is 3.68. The molecule has 24 heavy (non-hydrogen) atoms. The number of benzene rings is 2. The van der Waals surface area contributed by atoms with Crippen molar-refractivity contribution in [1.29, 1.82) is 0 Å². The highest BCUT2D eigenvalue weighted by Crippen LogP contribution is 2.20. The maximum Gasteiger partial charge on any atom is 0.337 e. The number of methoxy groups -OCH3 is 1. The highest BCUT2D eigenvalue weighted by molar-refractivity contribution is 5.97. The topological polar surface area (TPSA) is 64.6 Å². The second kappa shape index (κ2) is 7.64. The fraction of sp³-hybridized carbons (Fsp3) is 0.263. The lowest BCUT2D eigenvalue weighted by Crippen LogP contribution is -2.30. The molecule has 2 rings (SSSR count). The van der Waals surface area contributed by atoms with Gasteiger partial charge in [0.2, 0.25) is 0 Å². The van der Waals surface area contributed by atoms with Crippen LogP contribution in [0.15, 0.2) is 42.5 Å². The van der Waals surface area contributed by atoms with Gasteiger partial charge < -0.3 is 14.8 Å². The van der Waals surface area contributed by atoms with Gasteiger partial charge in [-0.2, -0.15) is 0 Å². The fourth-order valence-electron chi connectivity index (χ4n) is 2.17. The summed E-state index contributed by atoms with van der Waals surface area (Å²) in [6.07, 6.45) is -0.674. The van der Waals surface area contributed by atoms with Gasteiger partial charge >= 0.3 is 5.97 Å². The number of carbonyl (C=O) groups excluding carboxylic acids is 2.